The Kier molecular flexibility index (Phi) is 6.96. The zero-order chi connectivity index (χ0) is 23.4. The highest BCUT2D eigenvalue weighted by atomic mass is 16.4. The van der Waals surface area contributed by atoms with Crippen molar-refractivity contribution < 1.29 is 20.1 Å². The van der Waals surface area contributed by atoms with E-state index in [0.29, 0.717) is 11.7 Å². The minimum Gasteiger partial charge on any atom is -0.481 e. The molecule has 1 heterocycles. The van der Waals surface area contributed by atoms with Crippen LogP contribution in [0.3, 0.4) is 0 Å². The predicted octanol–water partition coefficient (Wildman–Crippen LogP) is 4.60. The number of hydrogen-bond donors (Lipinski definition) is 3. The third-order valence-corrected chi connectivity index (χ3v) is 5.71. The molecule has 0 radical (unpaired) electrons. The molecule has 3 N–H and O–H groups in total. The predicted molar refractivity (Wildman–Crippen MR) is 128 cm³/mol. The summed E-state index contributed by atoms with van der Waals surface area (Å²) in [5.74, 6) is -0.0828. The minimum absolute atomic E-state index is 0.0511. The van der Waals surface area contributed by atoms with E-state index in [1.165, 1.54) is 5.56 Å². The van der Waals surface area contributed by atoms with Crippen molar-refractivity contribution in [2.45, 2.75) is 50.7 Å². The third-order valence-electron chi connectivity index (χ3n) is 5.71. The van der Waals surface area contributed by atoms with Crippen LogP contribution in [0.25, 0.3) is 28.7 Å². The van der Waals surface area contributed by atoms with Crippen molar-refractivity contribution in [3.63, 3.8) is 0 Å². The second kappa shape index (κ2) is 10.1. The molecule has 2 aromatic carbocycles. The first kappa shape index (κ1) is 22.8. The minimum atomic E-state index is -1.11. The summed E-state index contributed by atoms with van der Waals surface area (Å²) in [6, 6.07) is 18.0. The van der Waals surface area contributed by atoms with E-state index in [1.807, 2.05) is 67.6 Å². The largest absolute Gasteiger partial charge is 0.481 e. The summed E-state index contributed by atoms with van der Waals surface area (Å²) in [5, 5.41) is 29.1. The molecule has 3 aromatic rings. The molecule has 1 aliphatic carbocycles. The smallest absolute Gasteiger partial charge is 0.305 e. The van der Waals surface area contributed by atoms with E-state index in [1.54, 1.807) is 6.08 Å². The van der Waals surface area contributed by atoms with Crippen LogP contribution in [0, 0.1) is 6.92 Å². The summed E-state index contributed by atoms with van der Waals surface area (Å²) in [6.07, 6.45) is 2.97. The quantitative estimate of drug-likeness (QED) is 0.446. The van der Waals surface area contributed by atoms with E-state index in [9.17, 15) is 15.0 Å². The van der Waals surface area contributed by atoms with Gasteiger partial charge in [0, 0.05) is 29.0 Å². The molecular weight excluding hydrogens is 416 g/mol. The number of benzene rings is 2. The number of aliphatic hydroxyl groups excluding tert-OH is 2. The van der Waals surface area contributed by atoms with Crippen LogP contribution in [0.2, 0.25) is 0 Å². The summed E-state index contributed by atoms with van der Waals surface area (Å²) in [4.78, 5) is 20.6. The number of carboxylic acids is 1. The molecule has 2 atom stereocenters. The number of aliphatic carboxylic acids is 1. The number of hydrogen-bond acceptors (Lipinski definition) is 5. The fourth-order valence-electron chi connectivity index (χ4n) is 3.82. The van der Waals surface area contributed by atoms with Gasteiger partial charge in [-0.1, -0.05) is 72.3 Å². The van der Waals surface area contributed by atoms with Gasteiger partial charge in [0.25, 0.3) is 0 Å². The van der Waals surface area contributed by atoms with Crippen molar-refractivity contribution in [2.24, 2.45) is 0 Å². The summed E-state index contributed by atoms with van der Waals surface area (Å²) < 4.78 is 0. The zero-order valence-electron chi connectivity index (χ0n) is 18.6. The third kappa shape index (κ3) is 5.92. The van der Waals surface area contributed by atoms with Crippen LogP contribution in [0.5, 0.6) is 0 Å². The summed E-state index contributed by atoms with van der Waals surface area (Å²) in [7, 11) is 0. The normalized spacial score (nSPS) is 15.5. The van der Waals surface area contributed by atoms with Gasteiger partial charge in [-0.3, -0.25) is 4.79 Å². The Morgan fingerprint density at radius 3 is 2.36 bits per heavy atom. The molecule has 1 aromatic heterocycles. The summed E-state index contributed by atoms with van der Waals surface area (Å²) in [5.41, 5.74) is 5.67. The summed E-state index contributed by atoms with van der Waals surface area (Å²) in [6.45, 7) is 2.04. The first-order valence-electron chi connectivity index (χ1n) is 11.2. The monoisotopic (exact) mass is 444 g/mol. The molecule has 0 amide bonds. The van der Waals surface area contributed by atoms with Crippen LogP contribution < -0.4 is 0 Å². The maximum Gasteiger partial charge on any atom is 0.305 e. The fraction of sp³-hybridized carbons (Fsp3) is 0.296. The van der Waals surface area contributed by atoms with Crippen molar-refractivity contribution in [3.05, 3.63) is 77.5 Å². The Labute approximate surface area is 193 Å². The molecule has 170 valence electrons. The SMILES string of the molecule is Cc1ccc(-c2nc(-c3ccccc3)c(C=CC(O)CC(O)CC(=O)O)c(C3CC3)n2)cc1. The average molecular weight is 445 g/mol. The highest BCUT2D eigenvalue weighted by Crippen LogP contribution is 2.43. The topological polar surface area (TPSA) is 104 Å². The molecule has 33 heavy (non-hydrogen) atoms. The molecule has 0 saturated heterocycles. The van der Waals surface area contributed by atoms with Crippen molar-refractivity contribution in [1.82, 2.24) is 9.97 Å². The number of nitrogens with zero attached hydrogens (tertiary/aromatic N) is 2. The van der Waals surface area contributed by atoms with E-state index in [4.69, 9.17) is 15.1 Å². The lowest BCUT2D eigenvalue weighted by molar-refractivity contribution is -0.139. The van der Waals surface area contributed by atoms with Crippen LogP contribution in [-0.4, -0.2) is 43.5 Å². The van der Waals surface area contributed by atoms with Gasteiger partial charge in [-0.25, -0.2) is 9.97 Å². The van der Waals surface area contributed by atoms with Crippen molar-refractivity contribution in [1.29, 1.82) is 0 Å². The maximum atomic E-state index is 10.8. The van der Waals surface area contributed by atoms with E-state index in [2.05, 4.69) is 0 Å². The lowest BCUT2D eigenvalue weighted by Gasteiger charge is -2.15. The van der Waals surface area contributed by atoms with Gasteiger partial charge in [0.05, 0.1) is 30.0 Å². The lowest BCUT2D eigenvalue weighted by atomic mass is 9.99. The number of aryl methyl sites for hydroxylation is 1. The van der Waals surface area contributed by atoms with Gasteiger partial charge >= 0.3 is 5.97 Å². The molecule has 2 unspecified atom stereocenters. The molecule has 6 nitrogen and oxygen atoms in total. The molecular formula is C27H28N2O4. The van der Waals surface area contributed by atoms with Gasteiger partial charge in [0.15, 0.2) is 5.82 Å². The molecule has 1 aliphatic rings. The number of carbonyl (C=O) groups is 1. The Hall–Kier alpha value is -3.35. The molecule has 0 spiro atoms. The van der Waals surface area contributed by atoms with Crippen molar-refractivity contribution >= 4 is 12.0 Å². The lowest BCUT2D eigenvalue weighted by Crippen LogP contribution is -2.19. The Morgan fingerprint density at radius 1 is 1.03 bits per heavy atom. The zero-order valence-corrected chi connectivity index (χ0v) is 18.6. The van der Waals surface area contributed by atoms with Crippen molar-refractivity contribution in [3.8, 4) is 22.6 Å². The van der Waals surface area contributed by atoms with E-state index < -0.39 is 24.6 Å². The molecule has 0 aliphatic heterocycles. The highest BCUT2D eigenvalue weighted by molar-refractivity contribution is 5.76. The first-order valence-corrected chi connectivity index (χ1v) is 11.2. The second-order valence-electron chi connectivity index (χ2n) is 8.61. The number of aliphatic hydroxyl groups is 2. The van der Waals surface area contributed by atoms with Crippen LogP contribution in [0.1, 0.15) is 48.4 Å². The van der Waals surface area contributed by atoms with Gasteiger partial charge in [-0.15, -0.1) is 0 Å². The van der Waals surface area contributed by atoms with Gasteiger partial charge < -0.3 is 15.3 Å². The van der Waals surface area contributed by atoms with E-state index in [0.717, 1.165) is 40.9 Å². The Bertz CT molecular complexity index is 1140. The van der Waals surface area contributed by atoms with Gasteiger partial charge in [0.1, 0.15) is 0 Å². The number of carboxylic acid groups (broad SMARTS) is 1. The Morgan fingerprint density at radius 2 is 1.73 bits per heavy atom. The van der Waals surface area contributed by atoms with Crippen LogP contribution >= 0.6 is 0 Å². The number of rotatable bonds is 9. The molecule has 4 rings (SSSR count). The summed E-state index contributed by atoms with van der Waals surface area (Å²) >= 11 is 0. The number of aromatic nitrogens is 2. The van der Waals surface area contributed by atoms with Crippen LogP contribution in [0.4, 0.5) is 0 Å². The second-order valence-corrected chi connectivity index (χ2v) is 8.61. The molecule has 0 bridgehead atoms. The molecule has 1 fully saturated rings. The van der Waals surface area contributed by atoms with E-state index >= 15 is 0 Å². The first-order chi connectivity index (χ1) is 15.9. The molecule has 1 saturated carbocycles. The van der Waals surface area contributed by atoms with Crippen LogP contribution in [-0.2, 0) is 4.79 Å². The van der Waals surface area contributed by atoms with Gasteiger partial charge in [-0.2, -0.15) is 0 Å². The maximum absolute atomic E-state index is 10.8. The molecule has 6 heteroatoms. The highest BCUT2D eigenvalue weighted by Gasteiger charge is 2.30. The standard InChI is InChI=1S/C27H28N2O4/c1-17-7-9-20(10-8-17)27-28-25(18-5-3-2-4-6-18)23(26(29-27)19-11-12-19)14-13-21(30)15-22(31)16-24(32)33/h2-10,13-14,19,21-22,30-31H,11-12,15-16H2,1H3,(H,32,33). The van der Waals surface area contributed by atoms with E-state index in [-0.39, 0.29) is 6.42 Å². The van der Waals surface area contributed by atoms with Crippen LogP contribution in [0.15, 0.2) is 60.7 Å². The van der Waals surface area contributed by atoms with Gasteiger partial charge in [-0.05, 0) is 19.8 Å². The van der Waals surface area contributed by atoms with Crippen molar-refractivity contribution in [2.75, 3.05) is 0 Å². The Balaban J connectivity index is 1.75. The van der Waals surface area contributed by atoms with Gasteiger partial charge in [0.2, 0.25) is 0 Å². The average Bonchev–Trinajstić information content (AvgIpc) is 3.63. The fourth-order valence-corrected chi connectivity index (χ4v) is 3.82.